The highest BCUT2D eigenvalue weighted by Gasteiger charge is 2.25. The highest BCUT2D eigenvalue weighted by molar-refractivity contribution is 6.41. The summed E-state index contributed by atoms with van der Waals surface area (Å²) >= 11 is 0. The molecule has 0 aromatic carbocycles. The Kier molecular flexibility index (Phi) is 4.68. The van der Waals surface area contributed by atoms with Crippen LogP contribution in [-0.2, 0) is 4.79 Å². The zero-order valence-electron chi connectivity index (χ0n) is 10.3. The van der Waals surface area contributed by atoms with Crippen LogP contribution in [0.1, 0.15) is 27.2 Å². The number of nitrogens with one attached hydrogen (secondary N) is 2. The summed E-state index contributed by atoms with van der Waals surface area (Å²) in [6, 6.07) is 0.603. The fourth-order valence-corrected chi connectivity index (χ4v) is 1.97. The molecule has 2 atom stereocenters. The molecule has 2 unspecified atom stereocenters. The molecule has 2 N–H and O–H groups in total. The molecular weight excluding hydrogens is 202 g/mol. The van der Waals surface area contributed by atoms with Crippen molar-refractivity contribution < 1.29 is 4.79 Å². The van der Waals surface area contributed by atoms with Gasteiger partial charge in [0.05, 0.1) is 0 Å². The molecule has 4 heteroatoms. The molecule has 0 saturated carbocycles. The number of rotatable bonds is 3. The summed E-state index contributed by atoms with van der Waals surface area (Å²) in [7, 11) is 0. The van der Waals surface area contributed by atoms with Crippen molar-refractivity contribution >= 4 is 11.6 Å². The van der Waals surface area contributed by atoms with Gasteiger partial charge in [0.2, 0.25) is 0 Å². The average molecular weight is 223 g/mol. The van der Waals surface area contributed by atoms with Crippen LogP contribution in [0.3, 0.4) is 0 Å². The van der Waals surface area contributed by atoms with Gasteiger partial charge in [-0.15, -0.1) is 0 Å². The predicted molar refractivity (Wildman–Crippen MR) is 65.8 cm³/mol. The Morgan fingerprint density at radius 1 is 1.44 bits per heavy atom. The van der Waals surface area contributed by atoms with Crippen LogP contribution in [0.25, 0.3) is 0 Å². The number of carbonyl (C=O) groups excluding carboxylic acids is 1. The molecular formula is C12H21N3O. The van der Waals surface area contributed by atoms with Crippen LogP contribution in [0.4, 0.5) is 0 Å². The van der Waals surface area contributed by atoms with Crippen LogP contribution in [0, 0.1) is 5.41 Å². The van der Waals surface area contributed by atoms with Gasteiger partial charge in [0.1, 0.15) is 5.71 Å². The minimum atomic E-state index is -0.162. The molecule has 0 bridgehead atoms. The first kappa shape index (κ1) is 12.9. The van der Waals surface area contributed by atoms with Gasteiger partial charge < -0.3 is 10.2 Å². The minimum absolute atomic E-state index is 0.0863. The number of hydrogen-bond donors (Lipinski definition) is 2. The molecule has 0 spiro atoms. The standard InChI is InChI=1S/C12H21N3O/c1-4-5-6-11(13)12(16)15-7-9(2)14-10(3)8-15/h5-6,9-10,13-14H,4,7-8H2,1-3H3. The molecule has 1 amide bonds. The number of hydrogen-bond acceptors (Lipinski definition) is 3. The molecule has 0 radical (unpaired) electrons. The molecule has 1 aliphatic heterocycles. The van der Waals surface area contributed by atoms with Gasteiger partial charge in [0.15, 0.2) is 0 Å². The minimum Gasteiger partial charge on any atom is -0.334 e. The van der Waals surface area contributed by atoms with E-state index in [1.54, 1.807) is 11.0 Å². The highest BCUT2D eigenvalue weighted by atomic mass is 16.2. The number of amides is 1. The smallest absolute Gasteiger partial charge is 0.271 e. The summed E-state index contributed by atoms with van der Waals surface area (Å²) in [5.41, 5.74) is 0.0863. The van der Waals surface area contributed by atoms with E-state index in [1.807, 2.05) is 13.0 Å². The average Bonchev–Trinajstić information content (AvgIpc) is 2.23. The van der Waals surface area contributed by atoms with E-state index in [1.165, 1.54) is 0 Å². The van der Waals surface area contributed by atoms with E-state index >= 15 is 0 Å². The van der Waals surface area contributed by atoms with Crippen molar-refractivity contribution in [1.29, 1.82) is 5.41 Å². The van der Waals surface area contributed by atoms with Crippen molar-refractivity contribution in [2.24, 2.45) is 0 Å². The topological polar surface area (TPSA) is 56.2 Å². The molecule has 16 heavy (non-hydrogen) atoms. The zero-order chi connectivity index (χ0) is 12.1. The first-order chi connectivity index (χ1) is 7.54. The molecule has 1 saturated heterocycles. The zero-order valence-corrected chi connectivity index (χ0v) is 10.3. The van der Waals surface area contributed by atoms with Crippen LogP contribution in [-0.4, -0.2) is 41.7 Å². The first-order valence-corrected chi connectivity index (χ1v) is 5.85. The number of allylic oxidation sites excluding steroid dienone is 1. The Bertz CT molecular complexity index is 289. The van der Waals surface area contributed by atoms with E-state index in [-0.39, 0.29) is 11.6 Å². The summed E-state index contributed by atoms with van der Waals surface area (Å²) in [6.45, 7) is 7.48. The molecule has 1 rings (SSSR count). The maximum absolute atomic E-state index is 11.9. The summed E-state index contributed by atoms with van der Waals surface area (Å²) in [5, 5.41) is 11.0. The van der Waals surface area contributed by atoms with Crippen molar-refractivity contribution in [2.45, 2.75) is 39.3 Å². The van der Waals surface area contributed by atoms with Crippen molar-refractivity contribution in [3.05, 3.63) is 12.2 Å². The molecule has 90 valence electrons. The van der Waals surface area contributed by atoms with Crippen molar-refractivity contribution in [1.82, 2.24) is 10.2 Å². The van der Waals surface area contributed by atoms with Gasteiger partial charge in [-0.2, -0.15) is 0 Å². The SMILES string of the molecule is CCC=CC(=N)C(=O)N1CC(C)NC(C)C1. The van der Waals surface area contributed by atoms with Crippen LogP contribution in [0.2, 0.25) is 0 Å². The van der Waals surface area contributed by atoms with Gasteiger partial charge in [-0.3, -0.25) is 10.2 Å². The van der Waals surface area contributed by atoms with Crippen molar-refractivity contribution in [2.75, 3.05) is 13.1 Å². The summed E-state index contributed by atoms with van der Waals surface area (Å²) < 4.78 is 0. The molecule has 0 aliphatic carbocycles. The fourth-order valence-electron chi connectivity index (χ4n) is 1.97. The third kappa shape index (κ3) is 3.45. The Morgan fingerprint density at radius 2 is 2.00 bits per heavy atom. The lowest BCUT2D eigenvalue weighted by atomic mass is 10.1. The van der Waals surface area contributed by atoms with Crippen LogP contribution >= 0.6 is 0 Å². The molecule has 0 aromatic rings. The monoisotopic (exact) mass is 223 g/mol. The van der Waals surface area contributed by atoms with E-state index in [0.717, 1.165) is 6.42 Å². The predicted octanol–water partition coefficient (Wildman–Crippen LogP) is 1.18. The maximum Gasteiger partial charge on any atom is 0.271 e. The van der Waals surface area contributed by atoms with Gasteiger partial charge in [-0.25, -0.2) is 0 Å². The van der Waals surface area contributed by atoms with E-state index < -0.39 is 0 Å². The van der Waals surface area contributed by atoms with E-state index in [4.69, 9.17) is 5.41 Å². The van der Waals surface area contributed by atoms with Gasteiger partial charge in [-0.1, -0.05) is 13.0 Å². The summed E-state index contributed by atoms with van der Waals surface area (Å²) in [5.74, 6) is -0.162. The Morgan fingerprint density at radius 3 is 2.50 bits per heavy atom. The quantitative estimate of drug-likeness (QED) is 0.706. The van der Waals surface area contributed by atoms with E-state index in [0.29, 0.717) is 25.2 Å². The molecule has 4 nitrogen and oxygen atoms in total. The maximum atomic E-state index is 11.9. The lowest BCUT2D eigenvalue weighted by Gasteiger charge is -2.35. The van der Waals surface area contributed by atoms with Gasteiger partial charge in [-0.05, 0) is 26.3 Å². The number of carbonyl (C=O) groups is 1. The normalized spacial score (nSPS) is 26.1. The lowest BCUT2D eigenvalue weighted by molar-refractivity contribution is -0.125. The van der Waals surface area contributed by atoms with E-state index in [2.05, 4.69) is 19.2 Å². The van der Waals surface area contributed by atoms with Crippen LogP contribution in [0.5, 0.6) is 0 Å². The van der Waals surface area contributed by atoms with Gasteiger partial charge in [0.25, 0.3) is 5.91 Å². The van der Waals surface area contributed by atoms with E-state index in [9.17, 15) is 4.79 Å². The highest BCUT2D eigenvalue weighted by Crippen LogP contribution is 2.05. The third-order valence-corrected chi connectivity index (χ3v) is 2.60. The molecule has 0 aromatic heterocycles. The Hall–Kier alpha value is -1.16. The van der Waals surface area contributed by atoms with Crippen molar-refractivity contribution in [3.8, 4) is 0 Å². The third-order valence-electron chi connectivity index (χ3n) is 2.60. The number of piperazine rings is 1. The largest absolute Gasteiger partial charge is 0.334 e. The van der Waals surface area contributed by atoms with Gasteiger partial charge >= 0.3 is 0 Å². The Balaban J connectivity index is 2.59. The Labute approximate surface area is 97.2 Å². The summed E-state index contributed by atoms with van der Waals surface area (Å²) in [6.07, 6.45) is 4.29. The molecule has 1 aliphatic rings. The first-order valence-electron chi connectivity index (χ1n) is 5.85. The second kappa shape index (κ2) is 5.80. The van der Waals surface area contributed by atoms with Crippen molar-refractivity contribution in [3.63, 3.8) is 0 Å². The molecule has 1 heterocycles. The summed E-state index contributed by atoms with van der Waals surface area (Å²) in [4.78, 5) is 13.7. The lowest BCUT2D eigenvalue weighted by Crippen LogP contribution is -2.56. The number of nitrogens with zero attached hydrogens (tertiary/aromatic N) is 1. The fraction of sp³-hybridized carbons (Fsp3) is 0.667. The van der Waals surface area contributed by atoms with Crippen LogP contribution in [0.15, 0.2) is 12.2 Å². The molecule has 1 fully saturated rings. The van der Waals surface area contributed by atoms with Crippen LogP contribution < -0.4 is 5.32 Å². The second-order valence-corrected chi connectivity index (χ2v) is 4.40. The second-order valence-electron chi connectivity index (χ2n) is 4.40. The van der Waals surface area contributed by atoms with Gasteiger partial charge in [0, 0.05) is 25.2 Å².